The highest BCUT2D eigenvalue weighted by molar-refractivity contribution is 5.96. The fourth-order valence-corrected chi connectivity index (χ4v) is 1.51. The topological polar surface area (TPSA) is 88.2 Å². The first-order chi connectivity index (χ1) is 9.41. The van der Waals surface area contributed by atoms with E-state index in [1.54, 1.807) is 0 Å². The summed E-state index contributed by atoms with van der Waals surface area (Å²) in [5.41, 5.74) is 4.65. The first-order valence-corrected chi connectivity index (χ1v) is 5.30. The highest BCUT2D eigenvalue weighted by Gasteiger charge is 2.17. The quantitative estimate of drug-likeness (QED) is 0.753. The molecule has 0 bridgehead atoms. The van der Waals surface area contributed by atoms with Gasteiger partial charge in [-0.3, -0.25) is 0 Å². The number of nitrogens with two attached hydrogens (primary N) is 1. The number of aromatic nitrogens is 1. The number of anilines is 3. The van der Waals surface area contributed by atoms with Crippen LogP contribution in [0.1, 0.15) is 10.4 Å². The van der Waals surface area contributed by atoms with Crippen LogP contribution in [0, 0.1) is 17.5 Å². The number of nitrogens with zero attached hydrogens (tertiary/aromatic N) is 1. The van der Waals surface area contributed by atoms with Gasteiger partial charge in [-0.1, -0.05) is 0 Å². The standard InChI is InChI=1S/C12H8F3N3O2/c13-6-1-2-7(9(15)8(6)14)18-11-10(16)5(12(19)20)3-4-17-11/h1-4H,16H2,(H,17,18)(H,19,20). The molecule has 4 N–H and O–H groups in total. The number of hydrogen-bond acceptors (Lipinski definition) is 4. The first-order valence-electron chi connectivity index (χ1n) is 5.30. The molecule has 2 rings (SSSR count). The summed E-state index contributed by atoms with van der Waals surface area (Å²) < 4.78 is 39.3. The molecule has 0 unspecified atom stereocenters. The van der Waals surface area contributed by atoms with Crippen molar-refractivity contribution in [3.8, 4) is 0 Å². The van der Waals surface area contributed by atoms with Crippen LogP contribution in [0.2, 0.25) is 0 Å². The van der Waals surface area contributed by atoms with Crippen molar-refractivity contribution in [3.63, 3.8) is 0 Å². The molecule has 0 atom stereocenters. The molecule has 1 aromatic heterocycles. The first kappa shape index (κ1) is 13.7. The van der Waals surface area contributed by atoms with Gasteiger partial charge in [-0.2, -0.15) is 0 Å². The Labute approximate surface area is 110 Å². The molecule has 0 saturated heterocycles. The van der Waals surface area contributed by atoms with Crippen LogP contribution in [0.25, 0.3) is 0 Å². The number of carboxylic acid groups (broad SMARTS) is 1. The smallest absolute Gasteiger partial charge is 0.337 e. The molecule has 8 heteroatoms. The van der Waals surface area contributed by atoms with E-state index in [-0.39, 0.29) is 17.1 Å². The van der Waals surface area contributed by atoms with Crippen LogP contribution in [-0.2, 0) is 0 Å². The maximum Gasteiger partial charge on any atom is 0.337 e. The van der Waals surface area contributed by atoms with Crippen molar-refractivity contribution in [2.75, 3.05) is 11.1 Å². The number of aromatic carboxylic acids is 1. The number of nitrogens with one attached hydrogen (secondary N) is 1. The Bertz CT molecular complexity index is 692. The molecule has 20 heavy (non-hydrogen) atoms. The van der Waals surface area contributed by atoms with Crippen LogP contribution in [0.3, 0.4) is 0 Å². The van der Waals surface area contributed by atoms with E-state index >= 15 is 0 Å². The second kappa shape index (κ2) is 5.08. The molecule has 1 aromatic carbocycles. The van der Waals surface area contributed by atoms with Crippen LogP contribution < -0.4 is 11.1 Å². The normalized spacial score (nSPS) is 10.3. The Morgan fingerprint density at radius 3 is 2.55 bits per heavy atom. The minimum Gasteiger partial charge on any atom is -0.478 e. The van der Waals surface area contributed by atoms with Crippen LogP contribution in [0.5, 0.6) is 0 Å². The highest BCUT2D eigenvalue weighted by Crippen LogP contribution is 2.27. The second-order valence-corrected chi connectivity index (χ2v) is 3.77. The SMILES string of the molecule is Nc1c(C(=O)O)ccnc1Nc1ccc(F)c(F)c1F. The van der Waals surface area contributed by atoms with Crippen molar-refractivity contribution in [1.29, 1.82) is 0 Å². The second-order valence-electron chi connectivity index (χ2n) is 3.77. The largest absolute Gasteiger partial charge is 0.478 e. The van der Waals surface area contributed by atoms with Gasteiger partial charge in [0.2, 0.25) is 0 Å². The Balaban J connectivity index is 2.43. The van der Waals surface area contributed by atoms with E-state index < -0.39 is 29.1 Å². The van der Waals surface area contributed by atoms with Crippen LogP contribution in [0.15, 0.2) is 24.4 Å². The lowest BCUT2D eigenvalue weighted by Crippen LogP contribution is -2.08. The molecule has 0 amide bonds. The zero-order valence-corrected chi connectivity index (χ0v) is 9.82. The van der Waals surface area contributed by atoms with E-state index in [0.29, 0.717) is 0 Å². The third-order valence-corrected chi connectivity index (χ3v) is 2.51. The third-order valence-electron chi connectivity index (χ3n) is 2.51. The van der Waals surface area contributed by atoms with E-state index in [0.717, 1.165) is 24.4 Å². The molecule has 1 heterocycles. The van der Waals surface area contributed by atoms with Gasteiger partial charge in [-0.15, -0.1) is 0 Å². The van der Waals surface area contributed by atoms with Gasteiger partial charge < -0.3 is 16.2 Å². The summed E-state index contributed by atoms with van der Waals surface area (Å²) >= 11 is 0. The molecular weight excluding hydrogens is 275 g/mol. The van der Waals surface area contributed by atoms with E-state index in [2.05, 4.69) is 10.3 Å². The summed E-state index contributed by atoms with van der Waals surface area (Å²) in [6.07, 6.45) is 1.14. The molecule has 0 aliphatic carbocycles. The minimum absolute atomic E-state index is 0.171. The lowest BCUT2D eigenvalue weighted by atomic mass is 10.2. The van der Waals surface area contributed by atoms with E-state index in [9.17, 15) is 18.0 Å². The number of pyridine rings is 1. The fraction of sp³-hybridized carbons (Fsp3) is 0. The van der Waals surface area contributed by atoms with E-state index in [4.69, 9.17) is 10.8 Å². The van der Waals surface area contributed by atoms with Crippen LogP contribution >= 0.6 is 0 Å². The van der Waals surface area contributed by atoms with Crippen molar-refractivity contribution < 1.29 is 23.1 Å². The Morgan fingerprint density at radius 1 is 1.20 bits per heavy atom. The maximum atomic E-state index is 13.5. The molecule has 0 fully saturated rings. The van der Waals surface area contributed by atoms with Gasteiger partial charge in [0.05, 0.1) is 16.9 Å². The van der Waals surface area contributed by atoms with Crippen molar-refractivity contribution in [2.24, 2.45) is 0 Å². The third kappa shape index (κ3) is 2.35. The number of carbonyl (C=O) groups is 1. The fourth-order valence-electron chi connectivity index (χ4n) is 1.51. The van der Waals surface area contributed by atoms with Gasteiger partial charge in [0.25, 0.3) is 0 Å². The summed E-state index contributed by atoms with van der Waals surface area (Å²) in [5, 5.41) is 11.2. The van der Waals surface area contributed by atoms with Gasteiger partial charge in [0.1, 0.15) is 0 Å². The maximum absolute atomic E-state index is 13.5. The van der Waals surface area contributed by atoms with Crippen LogP contribution in [0.4, 0.5) is 30.4 Å². The van der Waals surface area contributed by atoms with Gasteiger partial charge >= 0.3 is 5.97 Å². The van der Waals surface area contributed by atoms with Crippen LogP contribution in [-0.4, -0.2) is 16.1 Å². The molecule has 5 nitrogen and oxygen atoms in total. The van der Waals surface area contributed by atoms with Gasteiger partial charge in [0.15, 0.2) is 23.3 Å². The van der Waals surface area contributed by atoms with Gasteiger partial charge in [-0.25, -0.2) is 22.9 Å². The van der Waals surface area contributed by atoms with Gasteiger partial charge in [-0.05, 0) is 18.2 Å². The molecular formula is C12H8F3N3O2. The number of nitrogen functional groups attached to an aromatic ring is 1. The summed E-state index contributed by atoms with van der Waals surface area (Å²) in [6, 6.07) is 2.82. The zero-order chi connectivity index (χ0) is 14.9. The molecule has 2 aromatic rings. The number of carboxylic acids is 1. The predicted molar refractivity (Wildman–Crippen MR) is 65.2 cm³/mol. The molecule has 0 saturated carbocycles. The lowest BCUT2D eigenvalue weighted by Gasteiger charge is -2.11. The number of halogens is 3. The van der Waals surface area contributed by atoms with Crippen molar-refractivity contribution in [1.82, 2.24) is 4.98 Å². The molecule has 0 aliphatic heterocycles. The average molecular weight is 283 g/mol. The van der Waals surface area contributed by atoms with Crippen molar-refractivity contribution in [3.05, 3.63) is 47.4 Å². The number of hydrogen-bond donors (Lipinski definition) is 3. The Hall–Kier alpha value is -2.77. The Morgan fingerprint density at radius 2 is 1.90 bits per heavy atom. The number of benzene rings is 1. The zero-order valence-electron chi connectivity index (χ0n) is 9.82. The van der Waals surface area contributed by atoms with E-state index in [1.807, 2.05) is 0 Å². The summed E-state index contributed by atoms with van der Waals surface area (Å²) in [6.45, 7) is 0. The molecule has 0 radical (unpaired) electrons. The summed E-state index contributed by atoms with van der Waals surface area (Å²) in [7, 11) is 0. The van der Waals surface area contributed by atoms with Gasteiger partial charge in [0, 0.05) is 6.20 Å². The lowest BCUT2D eigenvalue weighted by molar-refractivity contribution is 0.0698. The predicted octanol–water partition coefficient (Wildman–Crippen LogP) is 2.52. The van der Waals surface area contributed by atoms with E-state index in [1.165, 1.54) is 0 Å². The minimum atomic E-state index is -1.65. The molecule has 0 spiro atoms. The summed E-state index contributed by atoms with van der Waals surface area (Å²) in [5.74, 6) is -5.91. The molecule has 104 valence electrons. The highest BCUT2D eigenvalue weighted by atomic mass is 19.2. The molecule has 0 aliphatic rings. The average Bonchev–Trinajstić information content (AvgIpc) is 2.41. The number of rotatable bonds is 3. The Kier molecular flexibility index (Phi) is 3.47. The summed E-state index contributed by atoms with van der Waals surface area (Å²) in [4.78, 5) is 14.6. The van der Waals surface area contributed by atoms with Crippen molar-refractivity contribution in [2.45, 2.75) is 0 Å². The van der Waals surface area contributed by atoms with Crippen molar-refractivity contribution >= 4 is 23.2 Å². The monoisotopic (exact) mass is 283 g/mol.